The number of rotatable bonds is 4. The van der Waals surface area contributed by atoms with E-state index in [1.54, 1.807) is 6.08 Å². The molecule has 4 heteroatoms. The van der Waals surface area contributed by atoms with Gasteiger partial charge in [0.2, 0.25) is 12.7 Å². The Morgan fingerprint density at radius 3 is 2.46 bits per heavy atom. The van der Waals surface area contributed by atoms with Crippen LogP contribution in [0.1, 0.15) is 51.0 Å². The van der Waals surface area contributed by atoms with Gasteiger partial charge in [-0.3, -0.25) is 4.79 Å². The second kappa shape index (κ2) is 6.04. The third kappa shape index (κ3) is 2.80. The van der Waals surface area contributed by atoms with Crippen molar-refractivity contribution in [1.82, 2.24) is 5.32 Å². The summed E-state index contributed by atoms with van der Waals surface area (Å²) in [5.74, 6) is 4.24. The van der Waals surface area contributed by atoms with Gasteiger partial charge < -0.3 is 14.8 Å². The molecule has 26 heavy (non-hydrogen) atoms. The minimum Gasteiger partial charge on any atom is -0.454 e. The summed E-state index contributed by atoms with van der Waals surface area (Å²) < 4.78 is 10.7. The van der Waals surface area contributed by atoms with E-state index in [9.17, 15) is 4.79 Å². The van der Waals surface area contributed by atoms with Crippen LogP contribution in [-0.4, -0.2) is 18.7 Å². The van der Waals surface area contributed by atoms with Gasteiger partial charge in [-0.2, -0.15) is 0 Å². The van der Waals surface area contributed by atoms with Crippen molar-refractivity contribution in [1.29, 1.82) is 0 Å². The molecule has 5 aliphatic rings. The van der Waals surface area contributed by atoms with Gasteiger partial charge in [-0.1, -0.05) is 6.07 Å². The van der Waals surface area contributed by atoms with E-state index >= 15 is 0 Å². The highest BCUT2D eigenvalue weighted by Gasteiger charge is 2.53. The van der Waals surface area contributed by atoms with Crippen molar-refractivity contribution in [3.63, 3.8) is 0 Å². The Bertz CT molecular complexity index is 718. The minimum atomic E-state index is 0.00547. The topological polar surface area (TPSA) is 47.6 Å². The SMILES string of the molecule is CC(NC(=O)/C=C/c1ccc2c(c1)OCO2)C12CC3CC(CC(C3)C1)C2. The van der Waals surface area contributed by atoms with Gasteiger partial charge in [0.1, 0.15) is 0 Å². The summed E-state index contributed by atoms with van der Waals surface area (Å²) in [5, 5.41) is 3.28. The van der Waals surface area contributed by atoms with Gasteiger partial charge in [-0.25, -0.2) is 0 Å². The first-order chi connectivity index (χ1) is 12.6. The van der Waals surface area contributed by atoms with E-state index < -0.39 is 0 Å². The maximum absolute atomic E-state index is 12.5. The van der Waals surface area contributed by atoms with Gasteiger partial charge in [0.15, 0.2) is 11.5 Å². The van der Waals surface area contributed by atoms with Crippen molar-refractivity contribution in [3.8, 4) is 11.5 Å². The highest BCUT2D eigenvalue weighted by molar-refractivity contribution is 5.92. The van der Waals surface area contributed by atoms with E-state index in [4.69, 9.17) is 9.47 Å². The molecule has 6 rings (SSSR count). The third-order valence-corrected chi connectivity index (χ3v) is 7.19. The smallest absolute Gasteiger partial charge is 0.244 e. The average Bonchev–Trinajstić information content (AvgIpc) is 3.06. The number of nitrogens with one attached hydrogen (secondary N) is 1. The molecule has 1 N–H and O–H groups in total. The van der Waals surface area contributed by atoms with Gasteiger partial charge in [-0.15, -0.1) is 0 Å². The van der Waals surface area contributed by atoms with Crippen LogP contribution in [0.15, 0.2) is 24.3 Å². The molecule has 4 nitrogen and oxygen atoms in total. The number of ether oxygens (including phenoxy) is 2. The Labute approximate surface area is 154 Å². The maximum atomic E-state index is 12.5. The van der Waals surface area contributed by atoms with Crippen LogP contribution in [0.3, 0.4) is 0 Å². The molecule has 4 fully saturated rings. The second-order valence-electron chi connectivity index (χ2n) is 8.96. The van der Waals surface area contributed by atoms with Crippen molar-refractivity contribution in [3.05, 3.63) is 29.8 Å². The summed E-state index contributed by atoms with van der Waals surface area (Å²) >= 11 is 0. The van der Waals surface area contributed by atoms with Gasteiger partial charge >= 0.3 is 0 Å². The predicted molar refractivity (Wildman–Crippen MR) is 99.8 cm³/mol. The van der Waals surface area contributed by atoms with Gasteiger partial charge in [0.25, 0.3) is 0 Å². The van der Waals surface area contributed by atoms with Crippen LogP contribution < -0.4 is 14.8 Å². The Hall–Kier alpha value is -1.97. The normalized spacial score (nSPS) is 35.0. The fraction of sp³-hybridized carbons (Fsp3) is 0.591. The molecule has 1 unspecified atom stereocenters. The lowest BCUT2D eigenvalue weighted by atomic mass is 9.48. The van der Waals surface area contributed by atoms with Crippen LogP contribution in [0.2, 0.25) is 0 Å². The fourth-order valence-electron chi connectivity index (χ4n) is 6.31. The Morgan fingerprint density at radius 1 is 1.12 bits per heavy atom. The van der Waals surface area contributed by atoms with E-state index in [-0.39, 0.29) is 18.7 Å². The van der Waals surface area contributed by atoms with Gasteiger partial charge in [0.05, 0.1) is 0 Å². The summed E-state index contributed by atoms with van der Waals surface area (Å²) in [6.07, 6.45) is 11.7. The van der Waals surface area contributed by atoms with Crippen molar-refractivity contribution >= 4 is 12.0 Å². The van der Waals surface area contributed by atoms with Crippen LogP contribution in [0, 0.1) is 23.2 Å². The molecule has 0 radical (unpaired) electrons. The Balaban J connectivity index is 1.24. The zero-order valence-electron chi connectivity index (χ0n) is 15.4. The van der Waals surface area contributed by atoms with E-state index in [0.29, 0.717) is 5.41 Å². The van der Waals surface area contributed by atoms with Crippen molar-refractivity contribution < 1.29 is 14.3 Å². The Morgan fingerprint density at radius 2 is 1.77 bits per heavy atom. The predicted octanol–water partition coefficient (Wildman–Crippen LogP) is 4.15. The molecule has 0 saturated heterocycles. The number of amides is 1. The second-order valence-corrected chi connectivity index (χ2v) is 8.96. The fourth-order valence-corrected chi connectivity index (χ4v) is 6.31. The van der Waals surface area contributed by atoms with E-state index in [2.05, 4.69) is 12.2 Å². The monoisotopic (exact) mass is 353 g/mol. The van der Waals surface area contributed by atoms with Crippen molar-refractivity contribution in [2.24, 2.45) is 23.2 Å². The van der Waals surface area contributed by atoms with Crippen LogP contribution >= 0.6 is 0 Å². The number of fused-ring (bicyclic) bond motifs is 1. The molecular weight excluding hydrogens is 326 g/mol. The zero-order chi connectivity index (χ0) is 17.7. The summed E-state index contributed by atoms with van der Waals surface area (Å²) in [7, 11) is 0. The first-order valence-corrected chi connectivity index (χ1v) is 9.98. The molecule has 1 atom stereocenters. The highest BCUT2D eigenvalue weighted by atomic mass is 16.7. The number of carbonyl (C=O) groups is 1. The van der Waals surface area contributed by atoms with Crippen molar-refractivity contribution in [2.75, 3.05) is 6.79 Å². The highest BCUT2D eigenvalue weighted by Crippen LogP contribution is 2.61. The standard InChI is InChI=1S/C22H27NO3/c1-14(22-10-16-6-17(11-22)8-18(7-16)12-22)23-21(24)5-3-15-2-4-19-20(9-15)26-13-25-19/h2-5,9,14,16-18H,6-8,10-13H2,1H3,(H,23,24)/b5-3+. The van der Waals surface area contributed by atoms with Crippen LogP contribution in [-0.2, 0) is 4.79 Å². The summed E-state index contributed by atoms with van der Waals surface area (Å²) in [6, 6.07) is 6.00. The largest absolute Gasteiger partial charge is 0.454 e. The minimum absolute atomic E-state index is 0.00547. The number of benzene rings is 1. The molecule has 4 bridgehead atoms. The van der Waals surface area contributed by atoms with Gasteiger partial charge in [-0.05, 0) is 92.4 Å². The molecule has 0 spiro atoms. The van der Waals surface area contributed by atoms with E-state index in [1.807, 2.05) is 24.3 Å². The molecule has 0 aromatic heterocycles. The summed E-state index contributed by atoms with van der Waals surface area (Å²) in [6.45, 7) is 2.49. The molecule has 1 amide bonds. The van der Waals surface area contributed by atoms with E-state index in [1.165, 1.54) is 38.5 Å². The van der Waals surface area contributed by atoms with Crippen LogP contribution in [0.5, 0.6) is 11.5 Å². The third-order valence-electron chi connectivity index (χ3n) is 7.19. The molecule has 1 aromatic rings. The molecule has 1 heterocycles. The van der Waals surface area contributed by atoms with Gasteiger partial charge in [0, 0.05) is 12.1 Å². The lowest BCUT2D eigenvalue weighted by molar-refractivity contribution is -0.121. The number of hydrogen-bond acceptors (Lipinski definition) is 3. The first kappa shape index (κ1) is 16.2. The lowest BCUT2D eigenvalue weighted by Crippen LogP contribution is -2.55. The van der Waals surface area contributed by atoms with E-state index in [0.717, 1.165) is 34.8 Å². The molecule has 138 valence electrons. The average molecular weight is 353 g/mol. The Kier molecular flexibility index (Phi) is 3.77. The lowest BCUT2D eigenvalue weighted by Gasteiger charge is -2.59. The summed E-state index contributed by atoms with van der Waals surface area (Å²) in [5.41, 5.74) is 1.30. The van der Waals surface area contributed by atoms with Crippen LogP contribution in [0.25, 0.3) is 6.08 Å². The summed E-state index contributed by atoms with van der Waals surface area (Å²) in [4.78, 5) is 12.5. The first-order valence-electron chi connectivity index (χ1n) is 9.98. The molecule has 4 aliphatic carbocycles. The van der Waals surface area contributed by atoms with Crippen molar-refractivity contribution in [2.45, 2.75) is 51.5 Å². The zero-order valence-corrected chi connectivity index (χ0v) is 15.4. The quantitative estimate of drug-likeness (QED) is 0.827. The number of hydrogen-bond donors (Lipinski definition) is 1. The van der Waals surface area contributed by atoms with Crippen LogP contribution in [0.4, 0.5) is 0 Å². The molecular formula is C22H27NO3. The number of carbonyl (C=O) groups excluding carboxylic acids is 1. The maximum Gasteiger partial charge on any atom is 0.244 e. The molecule has 4 saturated carbocycles. The molecule has 1 aromatic carbocycles. The molecule has 1 aliphatic heterocycles.